The summed E-state index contributed by atoms with van der Waals surface area (Å²) in [5, 5.41) is 11.1. The molecule has 96 valence electrons. The fourth-order valence-corrected chi connectivity index (χ4v) is 2.06. The first-order valence-corrected chi connectivity index (χ1v) is 6.51. The topological polar surface area (TPSA) is 53.6 Å². The molecule has 2 aromatic rings. The number of aromatic amines is 1. The van der Waals surface area contributed by atoms with Gasteiger partial charge in [0.15, 0.2) is 0 Å². The van der Waals surface area contributed by atoms with E-state index < -0.39 is 0 Å². The van der Waals surface area contributed by atoms with E-state index in [4.69, 9.17) is 11.6 Å². The van der Waals surface area contributed by atoms with Crippen LogP contribution in [0.2, 0.25) is 5.02 Å². The SMILES string of the molecule is CCCNC(Cc1ccccc1Cl)c1ncn[nH]1. The van der Waals surface area contributed by atoms with Gasteiger partial charge < -0.3 is 5.32 Å². The first-order chi connectivity index (χ1) is 8.81. The third-order valence-electron chi connectivity index (χ3n) is 2.79. The lowest BCUT2D eigenvalue weighted by molar-refractivity contribution is 0.506. The number of hydrogen-bond donors (Lipinski definition) is 2. The van der Waals surface area contributed by atoms with Crippen LogP contribution < -0.4 is 5.32 Å². The molecule has 0 spiro atoms. The van der Waals surface area contributed by atoms with Crippen molar-refractivity contribution in [3.8, 4) is 0 Å². The smallest absolute Gasteiger partial charge is 0.141 e. The molecule has 0 aliphatic carbocycles. The minimum atomic E-state index is 0.118. The van der Waals surface area contributed by atoms with Gasteiger partial charge in [0.25, 0.3) is 0 Å². The molecule has 0 saturated heterocycles. The predicted molar refractivity (Wildman–Crippen MR) is 72.6 cm³/mol. The molecule has 4 nitrogen and oxygen atoms in total. The lowest BCUT2D eigenvalue weighted by atomic mass is 10.1. The highest BCUT2D eigenvalue weighted by Crippen LogP contribution is 2.21. The first kappa shape index (κ1) is 13.1. The van der Waals surface area contributed by atoms with Crippen LogP contribution in [0.5, 0.6) is 0 Å². The Bertz CT molecular complexity index is 470. The summed E-state index contributed by atoms with van der Waals surface area (Å²) in [5.74, 6) is 0.850. The summed E-state index contributed by atoms with van der Waals surface area (Å²) in [5.41, 5.74) is 1.11. The zero-order valence-corrected chi connectivity index (χ0v) is 11.1. The van der Waals surface area contributed by atoms with Crippen molar-refractivity contribution in [2.75, 3.05) is 6.54 Å². The maximum Gasteiger partial charge on any atom is 0.141 e. The second-order valence-corrected chi connectivity index (χ2v) is 4.58. The van der Waals surface area contributed by atoms with Gasteiger partial charge in [-0.1, -0.05) is 36.7 Å². The van der Waals surface area contributed by atoms with Gasteiger partial charge in [-0.05, 0) is 31.0 Å². The molecule has 0 bridgehead atoms. The van der Waals surface area contributed by atoms with Crippen molar-refractivity contribution in [3.63, 3.8) is 0 Å². The molecule has 0 aliphatic heterocycles. The highest BCUT2D eigenvalue weighted by atomic mass is 35.5. The van der Waals surface area contributed by atoms with Crippen LogP contribution in [0.1, 0.15) is 30.8 Å². The van der Waals surface area contributed by atoms with Gasteiger partial charge in [-0.25, -0.2) is 4.98 Å². The zero-order chi connectivity index (χ0) is 12.8. The van der Waals surface area contributed by atoms with Gasteiger partial charge in [0, 0.05) is 5.02 Å². The summed E-state index contributed by atoms with van der Waals surface area (Å²) in [6, 6.07) is 8.01. The molecule has 0 saturated carbocycles. The molecule has 1 atom stereocenters. The quantitative estimate of drug-likeness (QED) is 0.844. The zero-order valence-electron chi connectivity index (χ0n) is 10.4. The third-order valence-corrected chi connectivity index (χ3v) is 3.16. The predicted octanol–water partition coefficient (Wildman–Crippen LogP) is 2.74. The van der Waals surface area contributed by atoms with Gasteiger partial charge in [0.1, 0.15) is 12.2 Å². The van der Waals surface area contributed by atoms with Gasteiger partial charge >= 0.3 is 0 Å². The number of hydrogen-bond acceptors (Lipinski definition) is 3. The fraction of sp³-hybridized carbons (Fsp3) is 0.385. The van der Waals surface area contributed by atoms with Gasteiger partial charge in [0.2, 0.25) is 0 Å². The van der Waals surface area contributed by atoms with Crippen molar-refractivity contribution in [2.45, 2.75) is 25.8 Å². The minimum absolute atomic E-state index is 0.118. The van der Waals surface area contributed by atoms with Crippen LogP contribution in [0.4, 0.5) is 0 Å². The number of nitrogens with zero attached hydrogens (tertiary/aromatic N) is 2. The molecule has 1 unspecified atom stereocenters. The van der Waals surface area contributed by atoms with Crippen molar-refractivity contribution in [2.24, 2.45) is 0 Å². The van der Waals surface area contributed by atoms with E-state index in [1.807, 2.05) is 24.3 Å². The minimum Gasteiger partial charge on any atom is -0.307 e. The average molecular weight is 265 g/mol. The number of nitrogens with one attached hydrogen (secondary N) is 2. The molecule has 0 aliphatic rings. The van der Waals surface area contributed by atoms with Crippen molar-refractivity contribution >= 4 is 11.6 Å². The molecule has 1 aromatic heterocycles. The Hall–Kier alpha value is -1.39. The number of halogens is 1. The lowest BCUT2D eigenvalue weighted by Crippen LogP contribution is -2.25. The second kappa shape index (κ2) is 6.52. The van der Waals surface area contributed by atoms with E-state index in [1.165, 1.54) is 6.33 Å². The van der Waals surface area contributed by atoms with Crippen LogP contribution in [-0.4, -0.2) is 21.7 Å². The fourth-order valence-electron chi connectivity index (χ4n) is 1.85. The Morgan fingerprint density at radius 2 is 2.22 bits per heavy atom. The maximum atomic E-state index is 6.19. The van der Waals surface area contributed by atoms with Crippen LogP contribution in [0.25, 0.3) is 0 Å². The summed E-state index contributed by atoms with van der Waals surface area (Å²) in [6.07, 6.45) is 3.41. The number of rotatable bonds is 6. The van der Waals surface area contributed by atoms with E-state index >= 15 is 0 Å². The molecule has 0 amide bonds. The Morgan fingerprint density at radius 3 is 2.89 bits per heavy atom. The Labute approximate surface area is 112 Å². The number of benzene rings is 1. The number of H-pyrrole nitrogens is 1. The van der Waals surface area contributed by atoms with Crippen molar-refractivity contribution in [1.29, 1.82) is 0 Å². The maximum absolute atomic E-state index is 6.19. The molecule has 5 heteroatoms. The van der Waals surface area contributed by atoms with Gasteiger partial charge in [-0.15, -0.1) is 0 Å². The molecule has 2 rings (SSSR count). The van der Waals surface area contributed by atoms with Crippen molar-refractivity contribution < 1.29 is 0 Å². The molecule has 2 N–H and O–H groups in total. The van der Waals surface area contributed by atoms with Gasteiger partial charge in [0.05, 0.1) is 6.04 Å². The van der Waals surface area contributed by atoms with E-state index in [9.17, 15) is 0 Å². The molecule has 1 heterocycles. The van der Waals surface area contributed by atoms with E-state index in [-0.39, 0.29) is 6.04 Å². The number of aromatic nitrogens is 3. The normalized spacial score (nSPS) is 12.6. The lowest BCUT2D eigenvalue weighted by Gasteiger charge is -2.16. The van der Waals surface area contributed by atoms with Gasteiger partial charge in [-0.2, -0.15) is 5.10 Å². The van der Waals surface area contributed by atoms with E-state index in [0.29, 0.717) is 0 Å². The van der Waals surface area contributed by atoms with Crippen LogP contribution in [0.15, 0.2) is 30.6 Å². The largest absolute Gasteiger partial charge is 0.307 e. The molecular formula is C13H17ClN4. The standard InChI is InChI=1S/C13H17ClN4/c1-2-7-15-12(13-16-9-17-18-13)8-10-5-3-4-6-11(10)14/h3-6,9,12,15H,2,7-8H2,1H3,(H,16,17,18). The summed E-state index contributed by atoms with van der Waals surface area (Å²) in [4.78, 5) is 4.22. The molecule has 0 fully saturated rings. The van der Waals surface area contributed by atoms with Crippen LogP contribution in [0.3, 0.4) is 0 Å². The Kier molecular flexibility index (Phi) is 4.73. The molecule has 1 aromatic carbocycles. The molecular weight excluding hydrogens is 248 g/mol. The van der Waals surface area contributed by atoms with E-state index in [2.05, 4.69) is 27.4 Å². The average Bonchev–Trinajstić information content (AvgIpc) is 2.90. The van der Waals surface area contributed by atoms with Gasteiger partial charge in [-0.3, -0.25) is 5.10 Å². The van der Waals surface area contributed by atoms with Crippen molar-refractivity contribution in [1.82, 2.24) is 20.5 Å². The Balaban J connectivity index is 2.13. The van der Waals surface area contributed by atoms with Crippen LogP contribution in [-0.2, 0) is 6.42 Å². The summed E-state index contributed by atoms with van der Waals surface area (Å²) in [6.45, 7) is 3.08. The Morgan fingerprint density at radius 1 is 1.39 bits per heavy atom. The molecule has 0 radical (unpaired) electrons. The van der Waals surface area contributed by atoms with Crippen LogP contribution in [0, 0.1) is 0 Å². The molecule has 18 heavy (non-hydrogen) atoms. The van der Waals surface area contributed by atoms with E-state index in [0.717, 1.165) is 35.8 Å². The van der Waals surface area contributed by atoms with Crippen LogP contribution >= 0.6 is 11.6 Å². The summed E-state index contributed by atoms with van der Waals surface area (Å²) >= 11 is 6.19. The third kappa shape index (κ3) is 3.31. The first-order valence-electron chi connectivity index (χ1n) is 6.13. The summed E-state index contributed by atoms with van der Waals surface area (Å²) < 4.78 is 0. The van der Waals surface area contributed by atoms with E-state index in [1.54, 1.807) is 0 Å². The van der Waals surface area contributed by atoms with Crippen molar-refractivity contribution in [3.05, 3.63) is 47.0 Å². The highest BCUT2D eigenvalue weighted by Gasteiger charge is 2.15. The second-order valence-electron chi connectivity index (χ2n) is 4.17. The monoisotopic (exact) mass is 264 g/mol. The highest BCUT2D eigenvalue weighted by molar-refractivity contribution is 6.31. The summed E-state index contributed by atoms with van der Waals surface area (Å²) in [7, 11) is 0.